The predicted molar refractivity (Wildman–Crippen MR) is 54.4 cm³/mol. The van der Waals surface area contributed by atoms with Crippen LogP contribution in [0, 0.1) is 11.3 Å². The average molecular weight is 191 g/mol. The van der Waals surface area contributed by atoms with E-state index in [-0.39, 0.29) is 6.04 Å². The number of benzene rings is 1. The summed E-state index contributed by atoms with van der Waals surface area (Å²) in [4.78, 5) is 0. The first kappa shape index (κ1) is 10.5. The largest absolute Gasteiger partial charge is 0.399 e. The molecule has 0 unspecified atom stereocenters. The maximum Gasteiger partial charge on any atom is 0.0995 e. The highest BCUT2D eigenvalue weighted by Crippen LogP contribution is 2.18. The van der Waals surface area contributed by atoms with Crippen LogP contribution in [0.1, 0.15) is 17.2 Å². The molecule has 0 radical (unpaired) electrons. The standard InChI is InChI=1S/C10H13N3O/c1-14-6-10(13)9-4-8(12)3-2-7(9)5-11/h2-4,10H,6,12-13H2,1H3/t10-/m0/s1. The maximum absolute atomic E-state index is 8.84. The van der Waals surface area contributed by atoms with Gasteiger partial charge in [-0.1, -0.05) is 0 Å². The number of methoxy groups -OCH3 is 1. The van der Waals surface area contributed by atoms with Gasteiger partial charge in [-0.3, -0.25) is 0 Å². The molecule has 4 N–H and O–H groups in total. The molecule has 0 amide bonds. The van der Waals surface area contributed by atoms with Gasteiger partial charge in [-0.2, -0.15) is 5.26 Å². The van der Waals surface area contributed by atoms with Gasteiger partial charge in [0.1, 0.15) is 0 Å². The van der Waals surface area contributed by atoms with Crippen molar-refractivity contribution in [2.45, 2.75) is 6.04 Å². The van der Waals surface area contributed by atoms with Gasteiger partial charge >= 0.3 is 0 Å². The van der Waals surface area contributed by atoms with Crippen molar-refractivity contribution in [1.29, 1.82) is 5.26 Å². The molecule has 1 atom stereocenters. The Balaban J connectivity index is 3.05. The van der Waals surface area contributed by atoms with Crippen molar-refractivity contribution >= 4 is 5.69 Å². The molecule has 4 nitrogen and oxygen atoms in total. The van der Waals surface area contributed by atoms with Crippen molar-refractivity contribution in [1.82, 2.24) is 0 Å². The highest BCUT2D eigenvalue weighted by atomic mass is 16.5. The summed E-state index contributed by atoms with van der Waals surface area (Å²) in [6.45, 7) is 0.373. The normalized spacial score (nSPS) is 12.1. The number of hydrogen-bond acceptors (Lipinski definition) is 4. The first-order chi connectivity index (χ1) is 6.69. The molecule has 0 saturated carbocycles. The lowest BCUT2D eigenvalue weighted by Gasteiger charge is -2.12. The van der Waals surface area contributed by atoms with Gasteiger partial charge in [-0.25, -0.2) is 0 Å². The van der Waals surface area contributed by atoms with Crippen LogP contribution in [0.2, 0.25) is 0 Å². The van der Waals surface area contributed by atoms with Crippen LogP contribution in [0.25, 0.3) is 0 Å². The Bertz CT molecular complexity index is 357. The zero-order valence-electron chi connectivity index (χ0n) is 8.03. The van der Waals surface area contributed by atoms with E-state index in [0.717, 1.165) is 5.56 Å². The van der Waals surface area contributed by atoms with Crippen LogP contribution in [-0.2, 0) is 4.74 Å². The number of nitrogens with two attached hydrogens (primary N) is 2. The molecule has 14 heavy (non-hydrogen) atoms. The van der Waals surface area contributed by atoms with Crippen LogP contribution in [0.4, 0.5) is 5.69 Å². The lowest BCUT2D eigenvalue weighted by molar-refractivity contribution is 0.181. The van der Waals surface area contributed by atoms with Gasteiger partial charge in [0, 0.05) is 12.8 Å². The van der Waals surface area contributed by atoms with E-state index in [1.165, 1.54) is 0 Å². The molecule has 74 valence electrons. The summed E-state index contributed by atoms with van der Waals surface area (Å²) in [7, 11) is 1.57. The average Bonchev–Trinajstić information content (AvgIpc) is 2.18. The zero-order valence-corrected chi connectivity index (χ0v) is 8.03. The molecule has 0 heterocycles. The number of ether oxygens (including phenoxy) is 1. The smallest absolute Gasteiger partial charge is 0.0995 e. The van der Waals surface area contributed by atoms with Crippen molar-refractivity contribution in [2.75, 3.05) is 19.5 Å². The zero-order chi connectivity index (χ0) is 10.6. The lowest BCUT2D eigenvalue weighted by Crippen LogP contribution is -2.17. The Morgan fingerprint density at radius 1 is 1.57 bits per heavy atom. The summed E-state index contributed by atoms with van der Waals surface area (Å²) in [5, 5.41) is 8.84. The van der Waals surface area contributed by atoms with Crippen molar-refractivity contribution in [3.05, 3.63) is 29.3 Å². The van der Waals surface area contributed by atoms with E-state index in [0.29, 0.717) is 17.9 Å². The van der Waals surface area contributed by atoms with E-state index in [2.05, 4.69) is 6.07 Å². The van der Waals surface area contributed by atoms with Gasteiger partial charge in [-0.05, 0) is 23.8 Å². The molecular weight excluding hydrogens is 178 g/mol. The Morgan fingerprint density at radius 2 is 2.29 bits per heavy atom. The fraction of sp³-hybridized carbons (Fsp3) is 0.300. The van der Waals surface area contributed by atoms with Gasteiger partial charge in [0.05, 0.1) is 24.3 Å². The third kappa shape index (κ3) is 2.22. The van der Waals surface area contributed by atoms with E-state index >= 15 is 0 Å². The minimum absolute atomic E-state index is 0.307. The van der Waals surface area contributed by atoms with Crippen molar-refractivity contribution < 1.29 is 4.74 Å². The van der Waals surface area contributed by atoms with Crippen LogP contribution in [0.15, 0.2) is 18.2 Å². The molecule has 0 aliphatic rings. The number of anilines is 1. The SMILES string of the molecule is COC[C@H](N)c1cc(N)ccc1C#N. The molecule has 0 saturated heterocycles. The monoisotopic (exact) mass is 191 g/mol. The molecule has 1 aromatic rings. The molecule has 0 spiro atoms. The summed E-state index contributed by atoms with van der Waals surface area (Å²) in [6, 6.07) is 6.82. The molecule has 1 aromatic carbocycles. The molecule has 1 rings (SSSR count). The second-order valence-corrected chi connectivity index (χ2v) is 3.02. The van der Waals surface area contributed by atoms with Crippen LogP contribution >= 0.6 is 0 Å². The third-order valence-corrected chi connectivity index (χ3v) is 1.94. The molecule has 0 fully saturated rings. The van der Waals surface area contributed by atoms with E-state index < -0.39 is 0 Å². The number of nitrogens with zero attached hydrogens (tertiary/aromatic N) is 1. The minimum Gasteiger partial charge on any atom is -0.399 e. The van der Waals surface area contributed by atoms with E-state index in [1.54, 1.807) is 25.3 Å². The van der Waals surface area contributed by atoms with Crippen molar-refractivity contribution in [2.24, 2.45) is 5.73 Å². The van der Waals surface area contributed by atoms with Crippen LogP contribution in [-0.4, -0.2) is 13.7 Å². The first-order valence-electron chi connectivity index (χ1n) is 4.23. The Hall–Kier alpha value is -1.57. The minimum atomic E-state index is -0.307. The maximum atomic E-state index is 8.84. The van der Waals surface area contributed by atoms with Crippen LogP contribution in [0.3, 0.4) is 0 Å². The Labute approximate surface area is 83.1 Å². The summed E-state index contributed by atoms with van der Waals surface area (Å²) in [5.74, 6) is 0. The summed E-state index contributed by atoms with van der Waals surface area (Å²) in [5.41, 5.74) is 13.3. The number of nitrogen functional groups attached to an aromatic ring is 1. The highest BCUT2D eigenvalue weighted by molar-refractivity contribution is 5.50. The molecular formula is C10H13N3O. The summed E-state index contributed by atoms with van der Waals surface area (Å²) < 4.78 is 4.92. The molecule has 0 aliphatic carbocycles. The van der Waals surface area contributed by atoms with Gasteiger partial charge in [0.2, 0.25) is 0 Å². The van der Waals surface area contributed by atoms with E-state index in [4.69, 9.17) is 21.5 Å². The predicted octanol–water partition coefficient (Wildman–Crippen LogP) is 0.787. The van der Waals surface area contributed by atoms with Gasteiger partial charge in [0.25, 0.3) is 0 Å². The quantitative estimate of drug-likeness (QED) is 0.691. The summed E-state index contributed by atoms with van der Waals surface area (Å²) >= 11 is 0. The van der Waals surface area contributed by atoms with E-state index in [1.807, 2.05) is 0 Å². The third-order valence-electron chi connectivity index (χ3n) is 1.94. The summed E-state index contributed by atoms with van der Waals surface area (Å²) in [6.07, 6.45) is 0. The van der Waals surface area contributed by atoms with Gasteiger partial charge in [0.15, 0.2) is 0 Å². The second-order valence-electron chi connectivity index (χ2n) is 3.02. The first-order valence-corrected chi connectivity index (χ1v) is 4.23. The molecule has 0 bridgehead atoms. The van der Waals surface area contributed by atoms with Gasteiger partial charge in [-0.15, -0.1) is 0 Å². The molecule has 0 aromatic heterocycles. The topological polar surface area (TPSA) is 85.1 Å². The van der Waals surface area contributed by atoms with Crippen LogP contribution < -0.4 is 11.5 Å². The Kier molecular flexibility index (Phi) is 3.46. The van der Waals surface area contributed by atoms with Gasteiger partial charge < -0.3 is 16.2 Å². The number of hydrogen-bond donors (Lipinski definition) is 2. The van der Waals surface area contributed by atoms with Crippen LogP contribution in [0.5, 0.6) is 0 Å². The fourth-order valence-electron chi connectivity index (χ4n) is 1.26. The number of nitriles is 1. The van der Waals surface area contributed by atoms with E-state index in [9.17, 15) is 0 Å². The molecule has 4 heteroatoms. The number of rotatable bonds is 3. The fourth-order valence-corrected chi connectivity index (χ4v) is 1.26. The second kappa shape index (κ2) is 4.61. The lowest BCUT2D eigenvalue weighted by atomic mass is 10.0. The Morgan fingerprint density at radius 3 is 2.86 bits per heavy atom. The highest BCUT2D eigenvalue weighted by Gasteiger charge is 2.10. The van der Waals surface area contributed by atoms with Crippen molar-refractivity contribution in [3.63, 3.8) is 0 Å². The van der Waals surface area contributed by atoms with Crippen molar-refractivity contribution in [3.8, 4) is 6.07 Å². The molecule has 0 aliphatic heterocycles.